The highest BCUT2D eigenvalue weighted by Gasteiger charge is 2.42. The molecule has 2 atom stereocenters. The van der Waals surface area contributed by atoms with E-state index in [0.717, 1.165) is 30.8 Å². The monoisotopic (exact) mass is 413 g/mol. The van der Waals surface area contributed by atoms with Gasteiger partial charge in [-0.25, -0.2) is 8.42 Å². The Morgan fingerprint density at radius 2 is 1.76 bits per heavy atom. The number of benzene rings is 2. The van der Waals surface area contributed by atoms with Crippen molar-refractivity contribution in [2.45, 2.75) is 36.9 Å². The van der Waals surface area contributed by atoms with Crippen LogP contribution in [0.25, 0.3) is 0 Å². The van der Waals surface area contributed by atoms with E-state index in [4.69, 9.17) is 4.74 Å². The van der Waals surface area contributed by atoms with Crippen LogP contribution in [0.15, 0.2) is 53.4 Å². The van der Waals surface area contributed by atoms with Crippen molar-refractivity contribution in [3.05, 3.63) is 54.1 Å². The van der Waals surface area contributed by atoms with Crippen molar-refractivity contribution < 1.29 is 13.2 Å². The molecule has 3 aliphatic heterocycles. The van der Waals surface area contributed by atoms with Gasteiger partial charge in [0.2, 0.25) is 10.0 Å². The highest BCUT2D eigenvalue weighted by atomic mass is 32.2. The molecule has 0 N–H and O–H groups in total. The van der Waals surface area contributed by atoms with Gasteiger partial charge in [0.05, 0.1) is 35.5 Å². The lowest BCUT2D eigenvalue weighted by atomic mass is 10.1. The quantitative estimate of drug-likeness (QED) is 0.770. The zero-order valence-electron chi connectivity index (χ0n) is 16.7. The molecular formula is C22H27N3O3S. The van der Waals surface area contributed by atoms with Crippen LogP contribution in [0.1, 0.15) is 31.4 Å². The van der Waals surface area contributed by atoms with Gasteiger partial charge in [0.25, 0.3) is 0 Å². The first-order valence-corrected chi connectivity index (χ1v) is 11.8. The van der Waals surface area contributed by atoms with E-state index in [1.54, 1.807) is 10.4 Å². The van der Waals surface area contributed by atoms with Crippen molar-refractivity contribution in [1.29, 1.82) is 0 Å². The second-order valence-corrected chi connectivity index (χ2v) is 9.92. The van der Waals surface area contributed by atoms with Gasteiger partial charge in [0.1, 0.15) is 6.17 Å². The van der Waals surface area contributed by atoms with Crippen LogP contribution < -0.4 is 9.80 Å². The Morgan fingerprint density at radius 1 is 1.00 bits per heavy atom. The number of hydrogen-bond donors (Lipinski definition) is 0. The topological polar surface area (TPSA) is 53.1 Å². The molecule has 154 valence electrons. The summed E-state index contributed by atoms with van der Waals surface area (Å²) >= 11 is 0. The van der Waals surface area contributed by atoms with Crippen LogP contribution in [0, 0.1) is 0 Å². The third-order valence-electron chi connectivity index (χ3n) is 6.38. The Kier molecular flexibility index (Phi) is 4.76. The predicted octanol–water partition coefficient (Wildman–Crippen LogP) is 3.22. The standard InChI is InChI=1S/C22H27N3O3S/c1-17(18-6-3-2-4-7-18)25-21-16-19(29(26,27)23-12-14-28-15-13-23)9-10-20(21)24-11-5-8-22(24)25/h2-4,6-7,9-10,16-17,22H,5,8,11-15H2,1H3. The summed E-state index contributed by atoms with van der Waals surface area (Å²) < 4.78 is 33.3. The van der Waals surface area contributed by atoms with Crippen molar-refractivity contribution >= 4 is 21.4 Å². The van der Waals surface area contributed by atoms with Gasteiger partial charge in [-0.1, -0.05) is 30.3 Å². The maximum Gasteiger partial charge on any atom is 0.243 e. The summed E-state index contributed by atoms with van der Waals surface area (Å²) in [6.45, 7) is 4.97. The molecule has 29 heavy (non-hydrogen) atoms. The highest BCUT2D eigenvalue weighted by molar-refractivity contribution is 7.89. The van der Waals surface area contributed by atoms with Crippen LogP contribution in [-0.4, -0.2) is 51.7 Å². The van der Waals surface area contributed by atoms with Crippen LogP contribution in [0.5, 0.6) is 0 Å². The maximum absolute atomic E-state index is 13.2. The van der Waals surface area contributed by atoms with Crippen molar-refractivity contribution in [2.24, 2.45) is 0 Å². The summed E-state index contributed by atoms with van der Waals surface area (Å²) in [5.74, 6) is 0. The van der Waals surface area contributed by atoms with Gasteiger partial charge in [0.15, 0.2) is 0 Å². The largest absolute Gasteiger partial charge is 0.379 e. The average Bonchev–Trinajstić information content (AvgIpc) is 3.35. The number of fused-ring (bicyclic) bond motifs is 3. The second-order valence-electron chi connectivity index (χ2n) is 7.98. The SMILES string of the molecule is CC(c1ccccc1)N1c2cc(S(=O)(=O)N3CCOCC3)ccc2N2CCCC21. The zero-order chi connectivity index (χ0) is 20.0. The molecule has 3 aliphatic rings. The van der Waals surface area contributed by atoms with Crippen molar-refractivity contribution in [3.63, 3.8) is 0 Å². The van der Waals surface area contributed by atoms with Crippen LogP contribution in [0.4, 0.5) is 11.4 Å². The minimum Gasteiger partial charge on any atom is -0.379 e. The fourth-order valence-electron chi connectivity index (χ4n) is 4.89. The first-order valence-electron chi connectivity index (χ1n) is 10.4. The Hall–Kier alpha value is -2.09. The fourth-order valence-corrected chi connectivity index (χ4v) is 6.32. The van der Waals surface area contributed by atoms with E-state index in [-0.39, 0.29) is 6.04 Å². The molecule has 5 rings (SSSR count). The van der Waals surface area contributed by atoms with Crippen LogP contribution in [0.2, 0.25) is 0 Å². The van der Waals surface area contributed by atoms with E-state index in [2.05, 4.69) is 41.0 Å². The molecule has 0 saturated carbocycles. The van der Waals surface area contributed by atoms with Crippen LogP contribution in [0.3, 0.4) is 0 Å². The molecule has 6 nitrogen and oxygen atoms in total. The first-order chi connectivity index (χ1) is 14.1. The molecule has 0 aliphatic carbocycles. The second kappa shape index (κ2) is 7.31. The summed E-state index contributed by atoms with van der Waals surface area (Å²) in [6.07, 6.45) is 2.55. The van der Waals surface area contributed by atoms with Gasteiger partial charge in [-0.3, -0.25) is 0 Å². The van der Waals surface area contributed by atoms with Gasteiger partial charge in [-0.2, -0.15) is 4.31 Å². The summed E-state index contributed by atoms with van der Waals surface area (Å²) in [5.41, 5.74) is 3.42. The molecule has 2 aromatic carbocycles. The molecular weight excluding hydrogens is 386 g/mol. The molecule has 2 aromatic rings. The van der Waals surface area contributed by atoms with Gasteiger partial charge >= 0.3 is 0 Å². The lowest BCUT2D eigenvalue weighted by Crippen LogP contribution is -2.41. The maximum atomic E-state index is 13.2. The normalized spacial score (nSPS) is 23.1. The van der Waals surface area contributed by atoms with E-state index in [1.165, 1.54) is 5.56 Å². The first kappa shape index (κ1) is 18.9. The minimum absolute atomic E-state index is 0.171. The van der Waals surface area contributed by atoms with Crippen LogP contribution >= 0.6 is 0 Å². The number of rotatable bonds is 4. The summed E-state index contributed by atoms with van der Waals surface area (Å²) in [7, 11) is -3.51. The molecule has 0 amide bonds. The van der Waals surface area contributed by atoms with Crippen LogP contribution in [-0.2, 0) is 14.8 Å². The summed E-state index contributed by atoms with van der Waals surface area (Å²) in [5, 5.41) is 0. The predicted molar refractivity (Wildman–Crippen MR) is 114 cm³/mol. The van der Waals surface area contributed by atoms with Gasteiger partial charge in [-0.15, -0.1) is 0 Å². The van der Waals surface area contributed by atoms with Crippen molar-refractivity contribution in [2.75, 3.05) is 42.6 Å². The lowest BCUT2D eigenvalue weighted by Gasteiger charge is -2.33. The highest BCUT2D eigenvalue weighted by Crippen LogP contribution is 2.48. The van der Waals surface area contributed by atoms with E-state index >= 15 is 0 Å². The summed E-state index contributed by atoms with van der Waals surface area (Å²) in [6, 6.07) is 16.3. The van der Waals surface area contributed by atoms with Crippen molar-refractivity contribution in [3.8, 4) is 0 Å². The van der Waals surface area contributed by atoms with Crippen molar-refractivity contribution in [1.82, 2.24) is 4.31 Å². The van der Waals surface area contributed by atoms with Gasteiger partial charge < -0.3 is 14.5 Å². The number of hydrogen-bond acceptors (Lipinski definition) is 5. The number of anilines is 2. The summed E-state index contributed by atoms with van der Waals surface area (Å²) in [4.78, 5) is 5.22. The van der Waals surface area contributed by atoms with E-state index in [0.29, 0.717) is 37.4 Å². The van der Waals surface area contributed by atoms with E-state index in [1.807, 2.05) is 18.2 Å². The Bertz CT molecular complexity index is 990. The molecule has 0 aromatic heterocycles. The third-order valence-corrected chi connectivity index (χ3v) is 8.28. The third kappa shape index (κ3) is 3.12. The van der Waals surface area contributed by atoms with E-state index in [9.17, 15) is 8.42 Å². The molecule has 0 spiro atoms. The van der Waals surface area contributed by atoms with E-state index < -0.39 is 10.0 Å². The average molecular weight is 414 g/mol. The number of sulfonamides is 1. The molecule has 0 radical (unpaired) electrons. The molecule has 7 heteroatoms. The minimum atomic E-state index is -3.51. The number of nitrogens with zero attached hydrogens (tertiary/aromatic N) is 3. The Labute approximate surface area is 172 Å². The number of morpholine rings is 1. The molecule has 2 saturated heterocycles. The molecule has 0 bridgehead atoms. The number of ether oxygens (including phenoxy) is 1. The smallest absolute Gasteiger partial charge is 0.243 e. The Morgan fingerprint density at radius 3 is 2.52 bits per heavy atom. The molecule has 2 unspecified atom stereocenters. The Balaban J connectivity index is 1.55. The van der Waals surface area contributed by atoms with Gasteiger partial charge in [0, 0.05) is 19.6 Å². The molecule has 3 heterocycles. The van der Waals surface area contributed by atoms with Gasteiger partial charge in [-0.05, 0) is 43.5 Å². The zero-order valence-corrected chi connectivity index (χ0v) is 17.5. The molecule has 2 fully saturated rings. The lowest BCUT2D eigenvalue weighted by molar-refractivity contribution is 0.0730. The fraction of sp³-hybridized carbons (Fsp3) is 0.455.